The Balaban J connectivity index is 1.64. The number of ether oxygens (including phenoxy) is 1. The molecule has 0 saturated carbocycles. The highest BCUT2D eigenvalue weighted by Crippen LogP contribution is 2.21. The van der Waals surface area contributed by atoms with Crippen LogP contribution in [0.15, 0.2) is 40.8 Å². The van der Waals surface area contributed by atoms with E-state index in [1.807, 2.05) is 20.9 Å². The number of hydrogen-bond acceptors (Lipinski definition) is 4. The number of benzene rings is 1. The fourth-order valence-electron chi connectivity index (χ4n) is 2.39. The van der Waals surface area contributed by atoms with Crippen LogP contribution in [0.3, 0.4) is 0 Å². The molecule has 130 valence electrons. The number of nitrogens with one attached hydrogen (secondary N) is 1. The normalized spacial score (nSPS) is 10.7. The molecule has 25 heavy (non-hydrogen) atoms. The van der Waals surface area contributed by atoms with Gasteiger partial charge >= 0.3 is 0 Å². The lowest BCUT2D eigenvalue weighted by Crippen LogP contribution is -2.12. The summed E-state index contributed by atoms with van der Waals surface area (Å²) in [6, 6.07) is 10.4. The predicted molar refractivity (Wildman–Crippen MR) is 95.1 cm³/mol. The third-order valence-electron chi connectivity index (χ3n) is 3.83. The zero-order valence-corrected chi connectivity index (χ0v) is 14.9. The highest BCUT2D eigenvalue weighted by molar-refractivity contribution is 6.30. The summed E-state index contributed by atoms with van der Waals surface area (Å²) in [5.74, 6) is 1.13. The molecule has 1 N–H and O–H groups in total. The van der Waals surface area contributed by atoms with Crippen molar-refractivity contribution in [2.75, 3.05) is 5.32 Å². The van der Waals surface area contributed by atoms with Crippen LogP contribution < -0.4 is 10.1 Å². The van der Waals surface area contributed by atoms with Crippen LogP contribution in [0, 0.1) is 13.8 Å². The SMILES string of the molecule is Cc1nn(C)c(C)c1NC(=O)c1ccc(COc2ccc(Cl)cc2)o1. The molecule has 1 amide bonds. The molecule has 0 saturated heterocycles. The van der Waals surface area contributed by atoms with E-state index in [2.05, 4.69) is 10.4 Å². The van der Waals surface area contributed by atoms with Crippen LogP contribution in [0.4, 0.5) is 5.69 Å². The maximum Gasteiger partial charge on any atom is 0.291 e. The Morgan fingerprint density at radius 3 is 2.60 bits per heavy atom. The van der Waals surface area contributed by atoms with Crippen molar-refractivity contribution >= 4 is 23.2 Å². The van der Waals surface area contributed by atoms with Gasteiger partial charge in [-0.2, -0.15) is 5.10 Å². The summed E-state index contributed by atoms with van der Waals surface area (Å²) in [4.78, 5) is 12.4. The third-order valence-corrected chi connectivity index (χ3v) is 4.08. The van der Waals surface area contributed by atoms with Gasteiger partial charge in [-0.15, -0.1) is 0 Å². The zero-order valence-electron chi connectivity index (χ0n) is 14.2. The Morgan fingerprint density at radius 2 is 1.96 bits per heavy atom. The van der Waals surface area contributed by atoms with Gasteiger partial charge in [-0.05, 0) is 50.2 Å². The second kappa shape index (κ2) is 7.03. The van der Waals surface area contributed by atoms with E-state index in [4.69, 9.17) is 20.8 Å². The van der Waals surface area contributed by atoms with Crippen molar-refractivity contribution in [3.8, 4) is 5.75 Å². The van der Waals surface area contributed by atoms with Gasteiger partial charge in [0.05, 0.1) is 17.1 Å². The fraction of sp³-hybridized carbons (Fsp3) is 0.222. The van der Waals surface area contributed by atoms with Crippen molar-refractivity contribution in [1.29, 1.82) is 0 Å². The van der Waals surface area contributed by atoms with Crippen LogP contribution in [0.25, 0.3) is 0 Å². The Bertz CT molecular complexity index is 897. The third kappa shape index (κ3) is 3.85. The molecule has 7 heteroatoms. The molecule has 0 atom stereocenters. The van der Waals surface area contributed by atoms with Crippen LogP contribution in [0.5, 0.6) is 5.75 Å². The van der Waals surface area contributed by atoms with Gasteiger partial charge in [0.15, 0.2) is 5.76 Å². The number of nitrogens with zero attached hydrogens (tertiary/aromatic N) is 2. The summed E-state index contributed by atoms with van der Waals surface area (Å²) >= 11 is 5.83. The molecule has 0 radical (unpaired) electrons. The summed E-state index contributed by atoms with van der Waals surface area (Å²) in [5, 5.41) is 7.75. The van der Waals surface area contributed by atoms with E-state index >= 15 is 0 Å². The molecule has 3 aromatic rings. The lowest BCUT2D eigenvalue weighted by atomic mass is 10.3. The standard InChI is InChI=1S/C18H18ClN3O3/c1-11-17(12(2)22(3)21-11)20-18(23)16-9-8-15(25-16)10-24-14-6-4-13(19)5-7-14/h4-9H,10H2,1-3H3,(H,20,23). The van der Waals surface area contributed by atoms with Gasteiger partial charge in [-0.1, -0.05) is 11.6 Å². The molecule has 0 unspecified atom stereocenters. The molecule has 0 fully saturated rings. The van der Waals surface area contributed by atoms with Crippen molar-refractivity contribution in [2.45, 2.75) is 20.5 Å². The molecule has 0 aliphatic heterocycles. The molecular formula is C18H18ClN3O3. The second-order valence-corrected chi connectivity index (χ2v) is 6.07. The second-order valence-electron chi connectivity index (χ2n) is 5.63. The van der Waals surface area contributed by atoms with Crippen LogP contribution in [0.2, 0.25) is 5.02 Å². The Labute approximate surface area is 150 Å². The Hall–Kier alpha value is -2.73. The lowest BCUT2D eigenvalue weighted by Gasteiger charge is -2.05. The number of rotatable bonds is 5. The van der Waals surface area contributed by atoms with Gasteiger partial charge in [0, 0.05) is 12.1 Å². The van der Waals surface area contributed by atoms with Gasteiger partial charge in [0.2, 0.25) is 0 Å². The maximum absolute atomic E-state index is 12.4. The topological polar surface area (TPSA) is 69.3 Å². The summed E-state index contributed by atoms with van der Waals surface area (Å²) in [5.41, 5.74) is 2.33. The van der Waals surface area contributed by atoms with Gasteiger partial charge in [-0.3, -0.25) is 9.48 Å². The highest BCUT2D eigenvalue weighted by Gasteiger charge is 2.16. The van der Waals surface area contributed by atoms with Crippen molar-refractivity contribution in [1.82, 2.24) is 9.78 Å². The van der Waals surface area contributed by atoms with Crippen molar-refractivity contribution in [3.63, 3.8) is 0 Å². The summed E-state index contributed by atoms with van der Waals surface area (Å²) in [6.07, 6.45) is 0. The van der Waals surface area contributed by atoms with Crippen LogP contribution in [-0.4, -0.2) is 15.7 Å². The fourth-order valence-corrected chi connectivity index (χ4v) is 2.52. The van der Waals surface area contributed by atoms with E-state index in [9.17, 15) is 4.79 Å². The molecule has 0 bridgehead atoms. The first-order chi connectivity index (χ1) is 11.9. The van der Waals surface area contributed by atoms with Crippen molar-refractivity contribution in [3.05, 3.63) is 64.3 Å². The van der Waals surface area contributed by atoms with E-state index in [0.29, 0.717) is 22.2 Å². The van der Waals surface area contributed by atoms with Gasteiger partial charge in [0.1, 0.15) is 18.1 Å². The monoisotopic (exact) mass is 359 g/mol. The van der Waals surface area contributed by atoms with Gasteiger partial charge in [0.25, 0.3) is 5.91 Å². The summed E-state index contributed by atoms with van der Waals surface area (Å²) in [6.45, 7) is 3.96. The quantitative estimate of drug-likeness (QED) is 0.744. The molecule has 2 aromatic heterocycles. The smallest absolute Gasteiger partial charge is 0.291 e. The van der Waals surface area contributed by atoms with E-state index in [1.54, 1.807) is 41.1 Å². The number of aromatic nitrogens is 2. The molecule has 6 nitrogen and oxygen atoms in total. The summed E-state index contributed by atoms with van der Waals surface area (Å²) in [7, 11) is 1.83. The van der Waals surface area contributed by atoms with E-state index in [1.165, 1.54) is 0 Å². The van der Waals surface area contributed by atoms with E-state index < -0.39 is 0 Å². The molecule has 0 aliphatic rings. The van der Waals surface area contributed by atoms with E-state index in [0.717, 1.165) is 11.4 Å². The first kappa shape index (κ1) is 17.1. The minimum absolute atomic E-state index is 0.220. The lowest BCUT2D eigenvalue weighted by molar-refractivity contribution is 0.0992. The van der Waals surface area contributed by atoms with E-state index in [-0.39, 0.29) is 18.3 Å². The zero-order chi connectivity index (χ0) is 18.0. The first-order valence-electron chi connectivity index (χ1n) is 7.72. The molecular weight excluding hydrogens is 342 g/mol. The summed E-state index contributed by atoms with van der Waals surface area (Å²) < 4.78 is 12.9. The number of carbonyl (C=O) groups excluding carboxylic acids is 1. The minimum atomic E-state index is -0.322. The minimum Gasteiger partial charge on any atom is -0.486 e. The average molecular weight is 360 g/mol. The van der Waals surface area contributed by atoms with Gasteiger partial charge < -0.3 is 14.5 Å². The number of carbonyl (C=O) groups is 1. The largest absolute Gasteiger partial charge is 0.486 e. The average Bonchev–Trinajstić information content (AvgIpc) is 3.15. The van der Waals surface area contributed by atoms with Crippen molar-refractivity contribution in [2.24, 2.45) is 7.05 Å². The van der Waals surface area contributed by atoms with Crippen LogP contribution >= 0.6 is 11.6 Å². The number of amides is 1. The number of halogens is 1. The predicted octanol–water partition coefficient (Wildman–Crippen LogP) is 4.11. The number of aryl methyl sites for hydroxylation is 2. The number of furan rings is 1. The number of hydrogen-bond donors (Lipinski definition) is 1. The van der Waals surface area contributed by atoms with Crippen LogP contribution in [-0.2, 0) is 13.7 Å². The molecule has 3 rings (SSSR count). The Morgan fingerprint density at radius 1 is 1.24 bits per heavy atom. The maximum atomic E-state index is 12.4. The van der Waals surface area contributed by atoms with Crippen LogP contribution in [0.1, 0.15) is 27.7 Å². The molecule has 0 aliphatic carbocycles. The highest BCUT2D eigenvalue weighted by atomic mass is 35.5. The molecule has 0 spiro atoms. The van der Waals surface area contributed by atoms with Crippen molar-refractivity contribution < 1.29 is 13.9 Å². The Kier molecular flexibility index (Phi) is 4.81. The molecule has 2 heterocycles. The number of anilines is 1. The first-order valence-corrected chi connectivity index (χ1v) is 8.10. The van der Waals surface area contributed by atoms with Gasteiger partial charge in [-0.25, -0.2) is 0 Å². The molecule has 1 aromatic carbocycles.